The SMILES string of the molecule is CNC(C)CNC(=O)c1nc(-n2nc(C)cc2C)ccc1Cl. The number of amides is 1. The summed E-state index contributed by atoms with van der Waals surface area (Å²) in [6, 6.07) is 5.53. The lowest BCUT2D eigenvalue weighted by atomic mass is 10.3. The predicted molar refractivity (Wildman–Crippen MR) is 86.7 cm³/mol. The molecule has 2 rings (SSSR count). The maximum absolute atomic E-state index is 12.2. The van der Waals surface area contributed by atoms with Gasteiger partial charge in [-0.1, -0.05) is 11.6 Å². The Morgan fingerprint density at radius 1 is 1.41 bits per heavy atom. The van der Waals surface area contributed by atoms with Crippen LogP contribution >= 0.6 is 11.6 Å². The summed E-state index contributed by atoms with van der Waals surface area (Å²) < 4.78 is 1.69. The van der Waals surface area contributed by atoms with E-state index in [0.717, 1.165) is 11.4 Å². The van der Waals surface area contributed by atoms with Gasteiger partial charge in [0.15, 0.2) is 5.82 Å². The molecule has 1 amide bonds. The lowest BCUT2D eigenvalue weighted by molar-refractivity contribution is 0.0945. The monoisotopic (exact) mass is 321 g/mol. The molecule has 0 aliphatic heterocycles. The van der Waals surface area contributed by atoms with Gasteiger partial charge < -0.3 is 10.6 Å². The Morgan fingerprint density at radius 3 is 2.73 bits per heavy atom. The first-order valence-electron chi connectivity index (χ1n) is 7.08. The van der Waals surface area contributed by atoms with Gasteiger partial charge in [0, 0.05) is 18.3 Å². The Bertz CT molecular complexity index is 683. The number of likely N-dealkylation sites (N-methyl/N-ethyl adjacent to an activating group) is 1. The van der Waals surface area contributed by atoms with Crippen LogP contribution in [0, 0.1) is 13.8 Å². The van der Waals surface area contributed by atoms with Gasteiger partial charge in [0.05, 0.1) is 10.7 Å². The molecule has 2 heterocycles. The Morgan fingerprint density at radius 2 is 2.14 bits per heavy atom. The minimum absolute atomic E-state index is 0.168. The van der Waals surface area contributed by atoms with Gasteiger partial charge in [0.2, 0.25) is 0 Å². The molecule has 0 saturated carbocycles. The van der Waals surface area contributed by atoms with Gasteiger partial charge in [-0.25, -0.2) is 9.67 Å². The van der Waals surface area contributed by atoms with Gasteiger partial charge in [-0.2, -0.15) is 5.10 Å². The van der Waals surface area contributed by atoms with E-state index in [2.05, 4.69) is 20.7 Å². The minimum Gasteiger partial charge on any atom is -0.349 e. The summed E-state index contributed by atoms with van der Waals surface area (Å²) in [5, 5.41) is 10.5. The first kappa shape index (κ1) is 16.5. The molecule has 0 aromatic carbocycles. The van der Waals surface area contributed by atoms with Crippen molar-refractivity contribution in [1.29, 1.82) is 0 Å². The van der Waals surface area contributed by atoms with Gasteiger partial charge in [0.1, 0.15) is 5.69 Å². The molecule has 2 aromatic heterocycles. The van der Waals surface area contributed by atoms with Gasteiger partial charge in [-0.15, -0.1) is 0 Å². The third-order valence-corrected chi connectivity index (χ3v) is 3.64. The molecule has 0 spiro atoms. The molecular weight excluding hydrogens is 302 g/mol. The van der Waals surface area contributed by atoms with Crippen LogP contribution in [0.1, 0.15) is 28.8 Å². The van der Waals surface area contributed by atoms with Crippen molar-refractivity contribution >= 4 is 17.5 Å². The highest BCUT2D eigenvalue weighted by atomic mass is 35.5. The fourth-order valence-electron chi connectivity index (χ4n) is 2.00. The summed E-state index contributed by atoms with van der Waals surface area (Å²) in [5.41, 5.74) is 2.04. The van der Waals surface area contributed by atoms with Crippen molar-refractivity contribution in [2.24, 2.45) is 0 Å². The number of carbonyl (C=O) groups is 1. The van der Waals surface area contributed by atoms with Crippen molar-refractivity contribution < 1.29 is 4.79 Å². The molecule has 7 heteroatoms. The van der Waals surface area contributed by atoms with Crippen LogP contribution in [-0.4, -0.2) is 40.3 Å². The van der Waals surface area contributed by atoms with E-state index < -0.39 is 0 Å². The molecule has 0 saturated heterocycles. The lowest BCUT2D eigenvalue weighted by Gasteiger charge is -2.12. The van der Waals surface area contributed by atoms with Crippen molar-refractivity contribution in [3.8, 4) is 5.82 Å². The molecule has 2 aromatic rings. The van der Waals surface area contributed by atoms with Crippen molar-refractivity contribution in [2.45, 2.75) is 26.8 Å². The van der Waals surface area contributed by atoms with Crippen LogP contribution in [0.2, 0.25) is 5.02 Å². The summed E-state index contributed by atoms with van der Waals surface area (Å²) in [6.45, 7) is 6.32. The van der Waals surface area contributed by atoms with Crippen LogP contribution in [0.5, 0.6) is 0 Å². The van der Waals surface area contributed by atoms with Crippen molar-refractivity contribution in [1.82, 2.24) is 25.4 Å². The van der Waals surface area contributed by atoms with Gasteiger partial charge in [0.25, 0.3) is 5.91 Å². The maximum Gasteiger partial charge on any atom is 0.271 e. The number of aryl methyl sites for hydroxylation is 2. The summed E-state index contributed by atoms with van der Waals surface area (Å²) in [5.74, 6) is 0.275. The number of aromatic nitrogens is 3. The Labute approximate surface area is 134 Å². The molecule has 0 aliphatic carbocycles. The first-order valence-corrected chi connectivity index (χ1v) is 7.45. The zero-order chi connectivity index (χ0) is 16.3. The van der Waals surface area contributed by atoms with E-state index in [9.17, 15) is 4.79 Å². The Balaban J connectivity index is 2.27. The minimum atomic E-state index is -0.296. The summed E-state index contributed by atoms with van der Waals surface area (Å²) in [7, 11) is 1.84. The number of pyridine rings is 1. The molecular formula is C15H20ClN5O. The lowest BCUT2D eigenvalue weighted by Crippen LogP contribution is -2.37. The third-order valence-electron chi connectivity index (χ3n) is 3.33. The van der Waals surface area contributed by atoms with E-state index in [-0.39, 0.29) is 17.6 Å². The zero-order valence-electron chi connectivity index (χ0n) is 13.1. The predicted octanol–water partition coefficient (Wildman–Crippen LogP) is 1.88. The summed E-state index contributed by atoms with van der Waals surface area (Å²) in [6.07, 6.45) is 0. The highest BCUT2D eigenvalue weighted by molar-refractivity contribution is 6.33. The number of hydrogen-bond acceptors (Lipinski definition) is 4. The average molecular weight is 322 g/mol. The second kappa shape index (κ2) is 6.89. The van der Waals surface area contributed by atoms with E-state index in [1.54, 1.807) is 16.8 Å². The van der Waals surface area contributed by atoms with Crippen LogP contribution < -0.4 is 10.6 Å². The highest BCUT2D eigenvalue weighted by Crippen LogP contribution is 2.17. The largest absolute Gasteiger partial charge is 0.349 e. The molecule has 2 N–H and O–H groups in total. The molecule has 118 valence electrons. The second-order valence-corrected chi connectivity index (χ2v) is 5.65. The van der Waals surface area contributed by atoms with Crippen molar-refractivity contribution in [3.05, 3.63) is 40.3 Å². The van der Waals surface area contributed by atoms with E-state index in [1.165, 1.54) is 0 Å². The fraction of sp³-hybridized carbons (Fsp3) is 0.400. The molecule has 6 nitrogen and oxygen atoms in total. The van der Waals surface area contributed by atoms with E-state index in [1.807, 2.05) is 33.9 Å². The van der Waals surface area contributed by atoms with Gasteiger partial charge in [-0.3, -0.25) is 4.79 Å². The van der Waals surface area contributed by atoms with Crippen LogP contribution in [0.3, 0.4) is 0 Å². The number of hydrogen-bond donors (Lipinski definition) is 2. The number of rotatable bonds is 5. The quantitative estimate of drug-likeness (QED) is 0.882. The van der Waals surface area contributed by atoms with Crippen LogP contribution in [0.25, 0.3) is 5.82 Å². The Kier molecular flexibility index (Phi) is 5.15. The number of carbonyl (C=O) groups excluding carboxylic acids is 1. The molecule has 0 radical (unpaired) electrons. The summed E-state index contributed by atoms with van der Waals surface area (Å²) >= 11 is 6.10. The van der Waals surface area contributed by atoms with E-state index >= 15 is 0 Å². The molecule has 0 aliphatic rings. The molecule has 22 heavy (non-hydrogen) atoms. The van der Waals surface area contributed by atoms with Crippen LogP contribution in [0.4, 0.5) is 0 Å². The third kappa shape index (κ3) is 3.64. The fourth-order valence-corrected chi connectivity index (χ4v) is 2.19. The normalized spacial score (nSPS) is 12.2. The number of nitrogens with zero attached hydrogens (tertiary/aromatic N) is 3. The molecule has 0 fully saturated rings. The number of nitrogens with one attached hydrogen (secondary N) is 2. The summed E-state index contributed by atoms with van der Waals surface area (Å²) in [4.78, 5) is 16.6. The molecule has 0 bridgehead atoms. The molecule has 1 unspecified atom stereocenters. The van der Waals surface area contributed by atoms with E-state index in [0.29, 0.717) is 17.4 Å². The highest BCUT2D eigenvalue weighted by Gasteiger charge is 2.15. The maximum atomic E-state index is 12.2. The Hall–Kier alpha value is -1.92. The van der Waals surface area contributed by atoms with E-state index in [4.69, 9.17) is 11.6 Å². The van der Waals surface area contributed by atoms with Gasteiger partial charge in [-0.05, 0) is 46.0 Å². The van der Waals surface area contributed by atoms with Gasteiger partial charge >= 0.3 is 0 Å². The smallest absolute Gasteiger partial charge is 0.271 e. The second-order valence-electron chi connectivity index (χ2n) is 5.24. The van der Waals surface area contributed by atoms with Crippen molar-refractivity contribution in [2.75, 3.05) is 13.6 Å². The van der Waals surface area contributed by atoms with Crippen LogP contribution in [-0.2, 0) is 0 Å². The first-order chi connectivity index (χ1) is 10.4. The van der Waals surface area contributed by atoms with Crippen molar-refractivity contribution in [3.63, 3.8) is 0 Å². The molecule has 1 atom stereocenters. The van der Waals surface area contributed by atoms with Crippen LogP contribution in [0.15, 0.2) is 18.2 Å². The zero-order valence-corrected chi connectivity index (χ0v) is 13.9. The topological polar surface area (TPSA) is 71.8 Å². The number of halogens is 1. The average Bonchev–Trinajstić information content (AvgIpc) is 2.83. The standard InChI is InChI=1S/C15H20ClN5O/c1-9-7-11(3)21(20-9)13-6-5-12(16)14(19-13)15(22)18-8-10(2)17-4/h5-7,10,17H,8H2,1-4H3,(H,18,22).